The highest BCUT2D eigenvalue weighted by atomic mass is 16.2. The molecule has 3 heterocycles. The third-order valence-electron chi connectivity index (χ3n) is 5.80. The number of nitrogens with zero attached hydrogens (tertiary/aromatic N) is 4. The fourth-order valence-corrected chi connectivity index (χ4v) is 4.26. The van der Waals surface area contributed by atoms with Gasteiger partial charge < -0.3 is 14.7 Å². The van der Waals surface area contributed by atoms with Crippen molar-refractivity contribution >= 4 is 23.3 Å². The van der Waals surface area contributed by atoms with Gasteiger partial charge >= 0.3 is 0 Å². The molecule has 2 aliphatic heterocycles. The van der Waals surface area contributed by atoms with Gasteiger partial charge in [-0.3, -0.25) is 9.59 Å². The van der Waals surface area contributed by atoms with Gasteiger partial charge in [-0.25, -0.2) is 4.98 Å². The van der Waals surface area contributed by atoms with E-state index in [9.17, 15) is 9.59 Å². The van der Waals surface area contributed by atoms with Gasteiger partial charge in [-0.2, -0.15) is 0 Å². The topological polar surface area (TPSA) is 56.8 Å². The van der Waals surface area contributed by atoms with Crippen molar-refractivity contribution in [3.63, 3.8) is 0 Å². The van der Waals surface area contributed by atoms with Crippen LogP contribution in [-0.2, 0) is 4.79 Å². The van der Waals surface area contributed by atoms with Gasteiger partial charge in [0, 0.05) is 56.6 Å². The molecule has 1 aromatic carbocycles. The molecule has 0 saturated carbocycles. The van der Waals surface area contributed by atoms with E-state index >= 15 is 0 Å². The SMILES string of the molecule is Cc1cnc(N2CCN(C(=O)c3ccc(N4CC(C)CC4=O)cc3)CC2)c(C)c1. The van der Waals surface area contributed by atoms with Crippen molar-refractivity contribution in [3.05, 3.63) is 53.2 Å². The molecule has 2 aliphatic rings. The van der Waals surface area contributed by atoms with E-state index in [0.29, 0.717) is 31.0 Å². The maximum absolute atomic E-state index is 12.9. The van der Waals surface area contributed by atoms with Crippen LogP contribution in [0.1, 0.15) is 34.8 Å². The second kappa shape index (κ2) is 7.85. The van der Waals surface area contributed by atoms with Crippen LogP contribution in [0.15, 0.2) is 36.5 Å². The molecular formula is C23H28N4O2. The molecule has 4 rings (SSSR count). The highest BCUT2D eigenvalue weighted by molar-refractivity contribution is 5.97. The van der Waals surface area contributed by atoms with E-state index in [4.69, 9.17) is 0 Å². The van der Waals surface area contributed by atoms with Crippen molar-refractivity contribution in [1.82, 2.24) is 9.88 Å². The maximum atomic E-state index is 12.9. The molecular weight excluding hydrogens is 364 g/mol. The summed E-state index contributed by atoms with van der Waals surface area (Å²) in [5.41, 5.74) is 3.88. The molecule has 0 bridgehead atoms. The van der Waals surface area contributed by atoms with E-state index in [1.165, 1.54) is 5.56 Å². The van der Waals surface area contributed by atoms with Gasteiger partial charge in [-0.05, 0) is 55.2 Å². The van der Waals surface area contributed by atoms with E-state index in [0.717, 1.165) is 36.7 Å². The van der Waals surface area contributed by atoms with E-state index in [1.807, 2.05) is 47.2 Å². The Morgan fingerprint density at radius 1 is 1.07 bits per heavy atom. The number of carbonyl (C=O) groups excluding carboxylic acids is 2. The van der Waals surface area contributed by atoms with Crippen molar-refractivity contribution in [2.75, 3.05) is 42.5 Å². The second-order valence-corrected chi connectivity index (χ2v) is 8.29. The zero-order valence-electron chi connectivity index (χ0n) is 17.4. The molecule has 1 unspecified atom stereocenters. The number of piperazine rings is 1. The van der Waals surface area contributed by atoms with Crippen molar-refractivity contribution < 1.29 is 9.59 Å². The van der Waals surface area contributed by atoms with Gasteiger partial charge in [0.15, 0.2) is 0 Å². The summed E-state index contributed by atoms with van der Waals surface area (Å²) in [4.78, 5) is 35.5. The predicted molar refractivity (Wildman–Crippen MR) is 114 cm³/mol. The molecule has 0 N–H and O–H groups in total. The molecule has 29 heavy (non-hydrogen) atoms. The Morgan fingerprint density at radius 2 is 1.76 bits per heavy atom. The summed E-state index contributed by atoms with van der Waals surface area (Å²) >= 11 is 0. The van der Waals surface area contributed by atoms with Gasteiger partial charge in [0.1, 0.15) is 5.82 Å². The zero-order valence-corrected chi connectivity index (χ0v) is 17.4. The van der Waals surface area contributed by atoms with E-state index in [-0.39, 0.29) is 11.8 Å². The lowest BCUT2D eigenvalue weighted by Gasteiger charge is -2.36. The fourth-order valence-electron chi connectivity index (χ4n) is 4.26. The third kappa shape index (κ3) is 3.97. The van der Waals surface area contributed by atoms with Crippen LogP contribution in [0.4, 0.5) is 11.5 Å². The van der Waals surface area contributed by atoms with Crippen LogP contribution in [0.5, 0.6) is 0 Å². The van der Waals surface area contributed by atoms with E-state index in [2.05, 4.69) is 29.8 Å². The first-order valence-electron chi connectivity index (χ1n) is 10.3. The molecule has 0 radical (unpaired) electrons. The zero-order chi connectivity index (χ0) is 20.5. The van der Waals surface area contributed by atoms with Gasteiger partial charge in [-0.1, -0.05) is 13.0 Å². The van der Waals surface area contributed by atoms with Crippen molar-refractivity contribution in [2.45, 2.75) is 27.2 Å². The number of rotatable bonds is 3. The molecule has 0 spiro atoms. The smallest absolute Gasteiger partial charge is 0.253 e. The summed E-state index contributed by atoms with van der Waals surface area (Å²) in [5, 5.41) is 0. The monoisotopic (exact) mass is 392 g/mol. The first kappa shape index (κ1) is 19.4. The molecule has 0 aliphatic carbocycles. The minimum atomic E-state index is 0.0471. The maximum Gasteiger partial charge on any atom is 0.253 e. The minimum Gasteiger partial charge on any atom is -0.353 e. The summed E-state index contributed by atoms with van der Waals surface area (Å²) in [5.74, 6) is 1.60. The van der Waals surface area contributed by atoms with Crippen LogP contribution < -0.4 is 9.80 Å². The molecule has 2 fully saturated rings. The first-order chi connectivity index (χ1) is 13.9. The number of pyridine rings is 1. The number of aryl methyl sites for hydroxylation is 2. The Hall–Kier alpha value is -2.89. The normalized spacial score (nSPS) is 19.8. The van der Waals surface area contributed by atoms with Crippen LogP contribution >= 0.6 is 0 Å². The van der Waals surface area contributed by atoms with Crippen LogP contribution in [0.3, 0.4) is 0 Å². The van der Waals surface area contributed by atoms with Gasteiger partial charge in [0.05, 0.1) is 0 Å². The van der Waals surface area contributed by atoms with Crippen LogP contribution in [0.2, 0.25) is 0 Å². The van der Waals surface area contributed by atoms with Crippen molar-refractivity contribution in [3.8, 4) is 0 Å². The summed E-state index contributed by atoms with van der Waals surface area (Å²) in [6, 6.07) is 9.60. The lowest BCUT2D eigenvalue weighted by atomic mass is 10.1. The molecule has 2 aromatic rings. The summed E-state index contributed by atoms with van der Waals surface area (Å²) in [6.07, 6.45) is 2.49. The van der Waals surface area contributed by atoms with Gasteiger partial charge in [0.2, 0.25) is 5.91 Å². The van der Waals surface area contributed by atoms with Gasteiger partial charge in [-0.15, -0.1) is 0 Å². The average Bonchev–Trinajstić information content (AvgIpc) is 3.06. The lowest BCUT2D eigenvalue weighted by molar-refractivity contribution is -0.117. The van der Waals surface area contributed by atoms with Crippen molar-refractivity contribution in [2.24, 2.45) is 5.92 Å². The van der Waals surface area contributed by atoms with Crippen LogP contribution in [0.25, 0.3) is 0 Å². The largest absolute Gasteiger partial charge is 0.353 e. The number of aromatic nitrogens is 1. The predicted octanol–water partition coefficient (Wildman–Crippen LogP) is 3.03. The summed E-state index contributed by atoms with van der Waals surface area (Å²) < 4.78 is 0. The number of amides is 2. The number of carbonyl (C=O) groups is 2. The van der Waals surface area contributed by atoms with Crippen molar-refractivity contribution in [1.29, 1.82) is 0 Å². The molecule has 2 amide bonds. The summed E-state index contributed by atoms with van der Waals surface area (Å²) in [7, 11) is 0. The number of hydrogen-bond acceptors (Lipinski definition) is 4. The van der Waals surface area contributed by atoms with Crippen LogP contribution in [0, 0.1) is 19.8 Å². The summed E-state index contributed by atoms with van der Waals surface area (Å²) in [6.45, 7) is 9.88. The lowest BCUT2D eigenvalue weighted by Crippen LogP contribution is -2.49. The Morgan fingerprint density at radius 3 is 2.34 bits per heavy atom. The average molecular weight is 393 g/mol. The molecule has 1 aromatic heterocycles. The third-order valence-corrected chi connectivity index (χ3v) is 5.80. The Bertz CT molecular complexity index is 917. The Kier molecular flexibility index (Phi) is 5.26. The van der Waals surface area contributed by atoms with E-state index < -0.39 is 0 Å². The molecule has 2 saturated heterocycles. The molecule has 6 nitrogen and oxygen atoms in total. The Labute approximate surface area is 172 Å². The number of benzene rings is 1. The highest BCUT2D eigenvalue weighted by Gasteiger charge is 2.28. The quantitative estimate of drug-likeness (QED) is 0.806. The Balaban J connectivity index is 1.39. The first-order valence-corrected chi connectivity index (χ1v) is 10.3. The standard InChI is InChI=1S/C23H28N4O2/c1-16-12-18(3)22(24-14-16)25-8-10-26(11-9-25)23(29)19-4-6-20(7-5-19)27-15-17(2)13-21(27)28/h4-7,12,14,17H,8-11,13,15H2,1-3H3. The highest BCUT2D eigenvalue weighted by Crippen LogP contribution is 2.25. The molecule has 152 valence electrons. The number of hydrogen-bond donors (Lipinski definition) is 0. The van der Waals surface area contributed by atoms with E-state index in [1.54, 1.807) is 0 Å². The molecule has 6 heteroatoms. The molecule has 1 atom stereocenters. The fraction of sp³-hybridized carbons (Fsp3) is 0.435. The second-order valence-electron chi connectivity index (χ2n) is 8.29. The minimum absolute atomic E-state index is 0.0471. The van der Waals surface area contributed by atoms with Gasteiger partial charge in [0.25, 0.3) is 5.91 Å². The van der Waals surface area contributed by atoms with Crippen LogP contribution in [-0.4, -0.2) is 54.4 Å². The number of anilines is 2.